The van der Waals surface area contributed by atoms with Gasteiger partial charge in [0, 0.05) is 11.7 Å². The van der Waals surface area contributed by atoms with Crippen molar-refractivity contribution < 1.29 is 0 Å². The van der Waals surface area contributed by atoms with Gasteiger partial charge in [-0.3, -0.25) is 0 Å². The highest BCUT2D eigenvalue weighted by Crippen LogP contribution is 2.47. The smallest absolute Gasteiger partial charge is 0.0316 e. The molecule has 0 radical (unpaired) electrons. The van der Waals surface area contributed by atoms with Gasteiger partial charge in [0.05, 0.1) is 0 Å². The lowest BCUT2D eigenvalue weighted by atomic mass is 9.63. The van der Waals surface area contributed by atoms with E-state index < -0.39 is 0 Å². The molecule has 0 amide bonds. The number of aryl methyl sites for hydroxylation is 1. The molecule has 2 heteroatoms. The van der Waals surface area contributed by atoms with Gasteiger partial charge in [-0.2, -0.15) is 0 Å². The lowest BCUT2D eigenvalue weighted by Crippen LogP contribution is -2.51. The van der Waals surface area contributed by atoms with Crippen LogP contribution < -0.4 is 5.73 Å². The van der Waals surface area contributed by atoms with E-state index in [1.165, 1.54) is 69.2 Å². The third-order valence-corrected chi connectivity index (χ3v) is 6.47. The number of likely N-dealkylation sites (tertiary alicyclic amines) is 1. The van der Waals surface area contributed by atoms with E-state index in [-0.39, 0.29) is 0 Å². The molecule has 2 unspecified atom stereocenters. The molecule has 0 aromatic heterocycles. The normalized spacial score (nSPS) is 26.5. The van der Waals surface area contributed by atoms with Crippen molar-refractivity contribution in [3.05, 3.63) is 65.7 Å². The third-order valence-electron chi connectivity index (χ3n) is 6.47. The van der Waals surface area contributed by atoms with Crippen LogP contribution in [0.3, 0.4) is 0 Å². The second-order valence-electron chi connectivity index (χ2n) is 8.03. The lowest BCUT2D eigenvalue weighted by molar-refractivity contribution is 0.0509. The summed E-state index contributed by atoms with van der Waals surface area (Å²) in [7, 11) is 0. The molecule has 1 heterocycles. The number of nitrogens with zero attached hydrogens (tertiary/aromatic N) is 1. The Morgan fingerprint density at radius 2 is 1.92 bits per heavy atom. The molecule has 2 nitrogen and oxygen atoms in total. The fraction of sp³-hybridized carbons (Fsp3) is 0.478. The van der Waals surface area contributed by atoms with E-state index in [1.54, 1.807) is 0 Å². The van der Waals surface area contributed by atoms with Gasteiger partial charge in [-0.05, 0) is 80.3 Å². The Morgan fingerprint density at radius 3 is 2.76 bits per heavy atom. The Bertz CT molecular complexity index is 696. The SMILES string of the molecule is Nc1cccc(C23CCCC(C2)N(CCCc2ccccc2)CC3)c1. The van der Waals surface area contributed by atoms with Crippen molar-refractivity contribution in [1.29, 1.82) is 0 Å². The Hall–Kier alpha value is -1.80. The quantitative estimate of drug-likeness (QED) is 0.797. The van der Waals surface area contributed by atoms with Crippen molar-refractivity contribution in [2.75, 3.05) is 18.8 Å². The molecule has 1 aliphatic heterocycles. The van der Waals surface area contributed by atoms with Crippen LogP contribution in [-0.4, -0.2) is 24.0 Å². The molecule has 2 atom stereocenters. The minimum Gasteiger partial charge on any atom is -0.399 e. The van der Waals surface area contributed by atoms with Gasteiger partial charge < -0.3 is 10.6 Å². The zero-order valence-corrected chi connectivity index (χ0v) is 15.2. The van der Waals surface area contributed by atoms with Gasteiger partial charge in [0.15, 0.2) is 0 Å². The minimum atomic E-state index is 0.383. The van der Waals surface area contributed by atoms with Crippen LogP contribution in [0, 0.1) is 0 Å². The van der Waals surface area contributed by atoms with Crippen molar-refractivity contribution >= 4 is 5.69 Å². The zero-order valence-electron chi connectivity index (χ0n) is 15.2. The summed E-state index contributed by atoms with van der Waals surface area (Å²) in [6.45, 7) is 2.49. The van der Waals surface area contributed by atoms with Crippen LogP contribution in [0.25, 0.3) is 0 Å². The number of nitrogen functional groups attached to an aromatic ring is 1. The summed E-state index contributed by atoms with van der Waals surface area (Å²) in [6, 6.07) is 20.4. The average Bonchev–Trinajstić information content (AvgIpc) is 2.65. The molecular weight excluding hydrogens is 304 g/mol. The lowest BCUT2D eigenvalue weighted by Gasteiger charge is -2.51. The first kappa shape index (κ1) is 16.7. The van der Waals surface area contributed by atoms with Crippen LogP contribution in [-0.2, 0) is 11.8 Å². The van der Waals surface area contributed by atoms with Crippen molar-refractivity contribution in [2.24, 2.45) is 0 Å². The van der Waals surface area contributed by atoms with Gasteiger partial charge in [0.25, 0.3) is 0 Å². The molecule has 2 aromatic rings. The van der Waals surface area contributed by atoms with Crippen LogP contribution in [0.5, 0.6) is 0 Å². The van der Waals surface area contributed by atoms with E-state index in [0.717, 1.165) is 11.7 Å². The van der Waals surface area contributed by atoms with Gasteiger partial charge in [-0.25, -0.2) is 0 Å². The van der Waals surface area contributed by atoms with Crippen LogP contribution >= 0.6 is 0 Å². The fourth-order valence-corrected chi connectivity index (χ4v) is 5.11. The first-order chi connectivity index (χ1) is 12.3. The molecule has 132 valence electrons. The van der Waals surface area contributed by atoms with E-state index >= 15 is 0 Å². The average molecular weight is 335 g/mol. The molecule has 2 bridgehead atoms. The molecule has 2 aromatic carbocycles. The molecule has 2 N–H and O–H groups in total. The second-order valence-corrected chi connectivity index (χ2v) is 8.03. The van der Waals surface area contributed by atoms with Crippen LogP contribution in [0.15, 0.2) is 54.6 Å². The van der Waals surface area contributed by atoms with Gasteiger partial charge in [-0.1, -0.05) is 48.9 Å². The maximum atomic E-state index is 6.07. The number of anilines is 1. The maximum Gasteiger partial charge on any atom is 0.0316 e. The first-order valence-electron chi connectivity index (χ1n) is 9.89. The van der Waals surface area contributed by atoms with Crippen molar-refractivity contribution in [1.82, 2.24) is 4.90 Å². The first-order valence-corrected chi connectivity index (χ1v) is 9.89. The summed E-state index contributed by atoms with van der Waals surface area (Å²) in [6.07, 6.45) is 9.14. The molecule has 4 rings (SSSR count). The summed E-state index contributed by atoms with van der Waals surface area (Å²) in [4.78, 5) is 2.77. The van der Waals surface area contributed by atoms with E-state index in [2.05, 4.69) is 53.4 Å². The molecule has 1 saturated carbocycles. The Labute approximate surface area is 152 Å². The highest BCUT2D eigenvalue weighted by atomic mass is 15.2. The zero-order chi connectivity index (χ0) is 17.1. The van der Waals surface area contributed by atoms with Gasteiger partial charge in [0.2, 0.25) is 0 Å². The molecule has 1 saturated heterocycles. The number of benzene rings is 2. The summed E-state index contributed by atoms with van der Waals surface area (Å²) in [5, 5.41) is 0. The summed E-state index contributed by atoms with van der Waals surface area (Å²) in [5.74, 6) is 0. The monoisotopic (exact) mass is 334 g/mol. The number of rotatable bonds is 5. The number of piperidine rings is 1. The third kappa shape index (κ3) is 3.59. The molecule has 0 spiro atoms. The number of fused-ring (bicyclic) bond motifs is 2. The maximum absolute atomic E-state index is 6.07. The Morgan fingerprint density at radius 1 is 1.04 bits per heavy atom. The fourth-order valence-electron chi connectivity index (χ4n) is 5.11. The number of hydrogen-bond acceptors (Lipinski definition) is 2. The van der Waals surface area contributed by atoms with E-state index in [0.29, 0.717) is 5.41 Å². The molecule has 2 aliphatic rings. The second kappa shape index (κ2) is 7.21. The Kier molecular flexibility index (Phi) is 4.80. The molecule has 1 aliphatic carbocycles. The van der Waals surface area contributed by atoms with E-state index in [9.17, 15) is 0 Å². The standard InChI is InChI=1S/C23H30N2/c24-21-11-4-10-20(17-21)23-13-5-12-22(18-23)25(16-14-23)15-6-9-19-7-2-1-3-8-19/h1-4,7-8,10-11,17,22H,5-6,9,12-16,18,24H2. The highest BCUT2D eigenvalue weighted by Gasteiger charge is 2.43. The van der Waals surface area contributed by atoms with Crippen LogP contribution in [0.2, 0.25) is 0 Å². The topological polar surface area (TPSA) is 29.3 Å². The van der Waals surface area contributed by atoms with Gasteiger partial charge >= 0.3 is 0 Å². The van der Waals surface area contributed by atoms with E-state index in [1.807, 2.05) is 6.07 Å². The predicted octanol–water partition coefficient (Wildman–Crippen LogP) is 4.79. The van der Waals surface area contributed by atoms with Gasteiger partial charge in [0.1, 0.15) is 0 Å². The van der Waals surface area contributed by atoms with Crippen LogP contribution in [0.4, 0.5) is 5.69 Å². The molecule has 2 fully saturated rings. The highest BCUT2D eigenvalue weighted by molar-refractivity contribution is 5.44. The largest absolute Gasteiger partial charge is 0.399 e. The summed E-state index contributed by atoms with van der Waals surface area (Å²) < 4.78 is 0. The summed E-state index contributed by atoms with van der Waals surface area (Å²) in [5.41, 5.74) is 10.3. The number of nitrogens with two attached hydrogens (primary N) is 1. The van der Waals surface area contributed by atoms with Crippen molar-refractivity contribution in [3.63, 3.8) is 0 Å². The van der Waals surface area contributed by atoms with Crippen LogP contribution in [0.1, 0.15) is 49.7 Å². The predicted molar refractivity (Wildman–Crippen MR) is 106 cm³/mol. The van der Waals surface area contributed by atoms with E-state index in [4.69, 9.17) is 5.73 Å². The van der Waals surface area contributed by atoms with Crippen molar-refractivity contribution in [3.8, 4) is 0 Å². The Balaban J connectivity index is 1.39. The summed E-state index contributed by atoms with van der Waals surface area (Å²) >= 11 is 0. The molecular formula is C23H30N2. The molecule has 25 heavy (non-hydrogen) atoms. The van der Waals surface area contributed by atoms with Gasteiger partial charge in [-0.15, -0.1) is 0 Å². The minimum absolute atomic E-state index is 0.383. The number of hydrogen-bond donors (Lipinski definition) is 1. The van der Waals surface area contributed by atoms with Crippen molar-refractivity contribution in [2.45, 2.75) is 56.4 Å².